The molecular formula is C9H13IN2. The van der Waals surface area contributed by atoms with Crippen molar-refractivity contribution in [2.24, 2.45) is 5.41 Å². The quantitative estimate of drug-likeness (QED) is 0.737. The molecule has 0 atom stereocenters. The summed E-state index contributed by atoms with van der Waals surface area (Å²) in [5, 5.41) is 0. The standard InChI is InChI=1S/C9H13IN2/c1-9(2,3)6-7-8(10)12-5-4-11-7/h4-5H,6H2,1-3H3. The fourth-order valence-corrected chi connectivity index (χ4v) is 1.46. The minimum atomic E-state index is 0.288. The average Bonchev–Trinajstić information content (AvgIpc) is 1.91. The van der Waals surface area contributed by atoms with Gasteiger partial charge in [-0.25, -0.2) is 4.98 Å². The summed E-state index contributed by atoms with van der Waals surface area (Å²) in [7, 11) is 0. The molecule has 0 unspecified atom stereocenters. The SMILES string of the molecule is CC(C)(C)Cc1nccnc1I. The zero-order chi connectivity index (χ0) is 9.19. The maximum absolute atomic E-state index is 4.29. The van der Waals surface area contributed by atoms with Crippen LogP contribution in [0.5, 0.6) is 0 Å². The highest BCUT2D eigenvalue weighted by molar-refractivity contribution is 14.1. The van der Waals surface area contributed by atoms with Crippen molar-refractivity contribution in [1.29, 1.82) is 0 Å². The summed E-state index contributed by atoms with van der Waals surface area (Å²) in [5.41, 5.74) is 1.39. The predicted molar refractivity (Wildman–Crippen MR) is 57.9 cm³/mol. The van der Waals surface area contributed by atoms with E-state index in [1.165, 1.54) is 0 Å². The van der Waals surface area contributed by atoms with E-state index in [9.17, 15) is 0 Å². The van der Waals surface area contributed by atoms with Crippen molar-refractivity contribution < 1.29 is 0 Å². The monoisotopic (exact) mass is 276 g/mol. The van der Waals surface area contributed by atoms with Crippen molar-refractivity contribution >= 4 is 22.6 Å². The van der Waals surface area contributed by atoms with Crippen LogP contribution in [-0.2, 0) is 6.42 Å². The van der Waals surface area contributed by atoms with E-state index in [1.54, 1.807) is 12.4 Å². The second-order valence-corrected chi connectivity index (χ2v) is 5.05. The number of halogens is 1. The van der Waals surface area contributed by atoms with Crippen molar-refractivity contribution in [3.8, 4) is 0 Å². The van der Waals surface area contributed by atoms with Crippen molar-refractivity contribution in [1.82, 2.24) is 9.97 Å². The van der Waals surface area contributed by atoms with Crippen LogP contribution in [0.3, 0.4) is 0 Å². The van der Waals surface area contributed by atoms with Crippen LogP contribution in [-0.4, -0.2) is 9.97 Å². The largest absolute Gasteiger partial charge is 0.257 e. The summed E-state index contributed by atoms with van der Waals surface area (Å²) in [4.78, 5) is 8.48. The molecule has 0 spiro atoms. The van der Waals surface area contributed by atoms with Crippen LogP contribution >= 0.6 is 22.6 Å². The van der Waals surface area contributed by atoms with Gasteiger partial charge in [0.05, 0.1) is 5.69 Å². The maximum atomic E-state index is 4.29. The third-order valence-electron chi connectivity index (χ3n) is 1.42. The zero-order valence-corrected chi connectivity index (χ0v) is 9.79. The molecule has 0 aliphatic heterocycles. The van der Waals surface area contributed by atoms with Gasteiger partial charge in [-0.3, -0.25) is 4.98 Å². The Bertz CT molecular complexity index is 265. The van der Waals surface area contributed by atoms with E-state index in [4.69, 9.17) is 0 Å². The Hall–Kier alpha value is -0.190. The molecule has 12 heavy (non-hydrogen) atoms. The second-order valence-electron chi connectivity index (χ2n) is 4.03. The van der Waals surface area contributed by atoms with Crippen LogP contribution in [0, 0.1) is 9.12 Å². The highest BCUT2D eigenvalue weighted by atomic mass is 127. The van der Waals surface area contributed by atoms with Crippen molar-refractivity contribution in [3.63, 3.8) is 0 Å². The van der Waals surface area contributed by atoms with E-state index >= 15 is 0 Å². The Balaban J connectivity index is 2.83. The zero-order valence-electron chi connectivity index (χ0n) is 7.63. The van der Waals surface area contributed by atoms with Gasteiger partial charge in [-0.1, -0.05) is 20.8 Å². The van der Waals surface area contributed by atoms with Gasteiger partial charge in [-0.05, 0) is 34.4 Å². The highest BCUT2D eigenvalue weighted by Gasteiger charge is 2.14. The lowest BCUT2D eigenvalue weighted by Crippen LogP contribution is -2.12. The van der Waals surface area contributed by atoms with Gasteiger partial charge in [0.1, 0.15) is 3.70 Å². The fourth-order valence-electron chi connectivity index (χ4n) is 0.971. The molecule has 66 valence electrons. The summed E-state index contributed by atoms with van der Waals surface area (Å²) < 4.78 is 1.02. The van der Waals surface area contributed by atoms with E-state index < -0.39 is 0 Å². The van der Waals surface area contributed by atoms with Crippen molar-refractivity contribution in [2.75, 3.05) is 0 Å². The lowest BCUT2D eigenvalue weighted by atomic mass is 9.91. The van der Waals surface area contributed by atoms with Crippen LogP contribution < -0.4 is 0 Å². The van der Waals surface area contributed by atoms with Crippen molar-refractivity contribution in [2.45, 2.75) is 27.2 Å². The van der Waals surface area contributed by atoms with Crippen LogP contribution in [0.25, 0.3) is 0 Å². The first-order chi connectivity index (χ1) is 5.49. The molecule has 1 heterocycles. The van der Waals surface area contributed by atoms with Gasteiger partial charge >= 0.3 is 0 Å². The van der Waals surface area contributed by atoms with Crippen LogP contribution in [0.1, 0.15) is 26.5 Å². The summed E-state index contributed by atoms with van der Waals surface area (Å²) in [6.45, 7) is 6.62. The molecule has 0 amide bonds. The molecular weight excluding hydrogens is 263 g/mol. The lowest BCUT2D eigenvalue weighted by molar-refractivity contribution is 0.404. The predicted octanol–water partition coefficient (Wildman–Crippen LogP) is 2.67. The molecule has 0 radical (unpaired) electrons. The molecule has 0 fully saturated rings. The number of aromatic nitrogens is 2. The molecule has 2 nitrogen and oxygen atoms in total. The molecule has 0 aliphatic rings. The Morgan fingerprint density at radius 3 is 2.33 bits per heavy atom. The molecule has 1 aromatic heterocycles. The number of hydrogen-bond donors (Lipinski definition) is 0. The van der Waals surface area contributed by atoms with E-state index in [0.717, 1.165) is 15.8 Å². The highest BCUT2D eigenvalue weighted by Crippen LogP contribution is 2.20. The average molecular weight is 276 g/mol. The van der Waals surface area contributed by atoms with Crippen LogP contribution in [0.4, 0.5) is 0 Å². The fraction of sp³-hybridized carbons (Fsp3) is 0.556. The van der Waals surface area contributed by atoms with Gasteiger partial charge in [-0.15, -0.1) is 0 Å². The Labute approximate surface area is 87.0 Å². The van der Waals surface area contributed by atoms with Gasteiger partial charge in [-0.2, -0.15) is 0 Å². The van der Waals surface area contributed by atoms with Gasteiger partial charge < -0.3 is 0 Å². The van der Waals surface area contributed by atoms with Crippen LogP contribution in [0.15, 0.2) is 12.4 Å². The number of nitrogens with zero attached hydrogens (tertiary/aromatic N) is 2. The van der Waals surface area contributed by atoms with Crippen LogP contribution in [0.2, 0.25) is 0 Å². The summed E-state index contributed by atoms with van der Waals surface area (Å²) in [6.07, 6.45) is 4.47. The molecule has 0 N–H and O–H groups in total. The molecule has 0 aromatic carbocycles. The normalized spacial score (nSPS) is 11.7. The first-order valence-electron chi connectivity index (χ1n) is 3.94. The maximum Gasteiger partial charge on any atom is 0.122 e. The topological polar surface area (TPSA) is 25.8 Å². The lowest BCUT2D eigenvalue weighted by Gasteiger charge is -2.17. The Morgan fingerprint density at radius 2 is 1.83 bits per heavy atom. The first-order valence-corrected chi connectivity index (χ1v) is 5.02. The Kier molecular flexibility index (Phi) is 3.04. The first kappa shape index (κ1) is 9.89. The van der Waals surface area contributed by atoms with E-state index in [-0.39, 0.29) is 5.41 Å². The van der Waals surface area contributed by atoms with E-state index in [2.05, 4.69) is 53.3 Å². The molecule has 3 heteroatoms. The second kappa shape index (κ2) is 3.68. The summed E-state index contributed by atoms with van der Waals surface area (Å²) >= 11 is 2.23. The third-order valence-corrected chi connectivity index (χ3v) is 2.32. The van der Waals surface area contributed by atoms with E-state index in [0.29, 0.717) is 0 Å². The number of hydrogen-bond acceptors (Lipinski definition) is 2. The van der Waals surface area contributed by atoms with Crippen molar-refractivity contribution in [3.05, 3.63) is 21.8 Å². The molecule has 0 saturated heterocycles. The molecule has 1 rings (SSSR count). The molecule has 0 aliphatic carbocycles. The minimum absolute atomic E-state index is 0.288. The number of rotatable bonds is 1. The molecule has 0 saturated carbocycles. The smallest absolute Gasteiger partial charge is 0.122 e. The van der Waals surface area contributed by atoms with Gasteiger partial charge in [0.2, 0.25) is 0 Å². The van der Waals surface area contributed by atoms with E-state index in [1.807, 2.05) is 0 Å². The Morgan fingerprint density at radius 1 is 1.25 bits per heavy atom. The summed E-state index contributed by atoms with van der Waals surface area (Å²) in [6, 6.07) is 0. The minimum Gasteiger partial charge on any atom is -0.257 e. The van der Waals surface area contributed by atoms with Gasteiger partial charge in [0, 0.05) is 12.4 Å². The summed E-state index contributed by atoms with van der Waals surface area (Å²) in [5.74, 6) is 0. The third kappa shape index (κ3) is 3.05. The molecule has 0 bridgehead atoms. The molecule has 1 aromatic rings. The van der Waals surface area contributed by atoms with Gasteiger partial charge in [0.25, 0.3) is 0 Å². The van der Waals surface area contributed by atoms with Gasteiger partial charge in [0.15, 0.2) is 0 Å².